The molecule has 21 heavy (non-hydrogen) atoms. The van der Waals surface area contributed by atoms with Gasteiger partial charge in [0.2, 0.25) is 0 Å². The first kappa shape index (κ1) is 14.2. The average molecular weight is 304 g/mol. The van der Waals surface area contributed by atoms with Crippen LogP contribution in [-0.2, 0) is 9.57 Å². The summed E-state index contributed by atoms with van der Waals surface area (Å²) in [5, 5.41) is 0. The zero-order valence-corrected chi connectivity index (χ0v) is 12.3. The summed E-state index contributed by atoms with van der Waals surface area (Å²) in [6.07, 6.45) is 6.09. The molecule has 3 heterocycles. The molecule has 1 saturated heterocycles. The van der Waals surface area contributed by atoms with Crippen molar-refractivity contribution in [2.75, 3.05) is 6.61 Å². The van der Waals surface area contributed by atoms with Crippen LogP contribution in [0.15, 0.2) is 36.7 Å². The van der Waals surface area contributed by atoms with Crippen molar-refractivity contribution in [3.8, 4) is 10.4 Å². The first-order valence-electron chi connectivity index (χ1n) is 6.91. The lowest BCUT2D eigenvalue weighted by molar-refractivity contribution is -0.186. The Kier molecular flexibility index (Phi) is 4.59. The molecule has 3 rings (SSSR count). The summed E-state index contributed by atoms with van der Waals surface area (Å²) >= 11 is 1.41. The summed E-state index contributed by atoms with van der Waals surface area (Å²) in [5.41, 5.74) is 3.46. The van der Waals surface area contributed by atoms with E-state index in [0.717, 1.165) is 29.7 Å². The van der Waals surface area contributed by atoms with Crippen LogP contribution in [0.5, 0.6) is 0 Å². The van der Waals surface area contributed by atoms with Gasteiger partial charge in [0.25, 0.3) is 5.91 Å². The van der Waals surface area contributed by atoms with Gasteiger partial charge in [0, 0.05) is 35.9 Å². The molecule has 0 aromatic carbocycles. The molecule has 1 aliphatic heterocycles. The second-order valence-corrected chi connectivity index (χ2v) is 5.83. The first-order valence-corrected chi connectivity index (χ1v) is 7.72. The average Bonchev–Trinajstić information content (AvgIpc) is 3.04. The minimum atomic E-state index is -0.333. The highest BCUT2D eigenvalue weighted by Crippen LogP contribution is 2.27. The highest BCUT2D eigenvalue weighted by molar-refractivity contribution is 7.17. The smallest absolute Gasteiger partial charge is 0.285 e. The SMILES string of the molecule is O=C(NOC1CCCCO1)c1ccc(-c2cccnc2)s1. The summed E-state index contributed by atoms with van der Waals surface area (Å²) in [4.78, 5) is 23.0. The Hall–Kier alpha value is -1.76. The van der Waals surface area contributed by atoms with Crippen LogP contribution in [0.3, 0.4) is 0 Å². The largest absolute Gasteiger partial charge is 0.350 e. The molecule has 110 valence electrons. The van der Waals surface area contributed by atoms with Crippen molar-refractivity contribution in [2.45, 2.75) is 25.6 Å². The van der Waals surface area contributed by atoms with Crippen LogP contribution in [0.4, 0.5) is 0 Å². The molecule has 0 bridgehead atoms. The van der Waals surface area contributed by atoms with Gasteiger partial charge in [0.15, 0.2) is 6.29 Å². The molecular weight excluding hydrogens is 288 g/mol. The second-order valence-electron chi connectivity index (χ2n) is 4.75. The maximum absolute atomic E-state index is 12.0. The van der Waals surface area contributed by atoms with E-state index < -0.39 is 0 Å². The Labute approximate surface area is 126 Å². The van der Waals surface area contributed by atoms with Gasteiger partial charge in [0.05, 0.1) is 4.88 Å². The highest BCUT2D eigenvalue weighted by Gasteiger charge is 2.17. The number of nitrogens with zero attached hydrogens (tertiary/aromatic N) is 1. The van der Waals surface area contributed by atoms with Gasteiger partial charge in [0.1, 0.15) is 0 Å². The Morgan fingerprint density at radius 2 is 2.33 bits per heavy atom. The molecule has 6 heteroatoms. The molecule has 0 saturated carbocycles. The third-order valence-corrected chi connectivity index (χ3v) is 4.33. The normalized spacial score (nSPS) is 18.4. The maximum Gasteiger partial charge on any atom is 0.285 e. The van der Waals surface area contributed by atoms with Gasteiger partial charge >= 0.3 is 0 Å². The molecule has 1 amide bonds. The minimum Gasteiger partial charge on any atom is -0.350 e. The summed E-state index contributed by atoms with van der Waals surface area (Å²) in [6, 6.07) is 7.53. The molecule has 1 fully saturated rings. The molecule has 0 spiro atoms. The molecule has 0 aliphatic carbocycles. The van der Waals surface area contributed by atoms with E-state index in [4.69, 9.17) is 9.57 Å². The molecule has 1 unspecified atom stereocenters. The van der Waals surface area contributed by atoms with Gasteiger partial charge < -0.3 is 4.74 Å². The molecule has 5 nitrogen and oxygen atoms in total. The zero-order chi connectivity index (χ0) is 14.5. The van der Waals surface area contributed by atoms with E-state index in [1.165, 1.54) is 11.3 Å². The molecular formula is C15H16N2O3S. The highest BCUT2D eigenvalue weighted by atomic mass is 32.1. The number of aromatic nitrogens is 1. The van der Waals surface area contributed by atoms with Gasteiger partial charge in [-0.2, -0.15) is 0 Å². The van der Waals surface area contributed by atoms with Crippen LogP contribution >= 0.6 is 11.3 Å². The number of carbonyl (C=O) groups excluding carboxylic acids is 1. The minimum absolute atomic E-state index is 0.246. The van der Waals surface area contributed by atoms with Gasteiger partial charge in [-0.15, -0.1) is 11.3 Å². The van der Waals surface area contributed by atoms with Crippen molar-refractivity contribution in [1.29, 1.82) is 0 Å². The van der Waals surface area contributed by atoms with Crippen molar-refractivity contribution in [3.05, 3.63) is 41.5 Å². The number of pyridine rings is 1. The van der Waals surface area contributed by atoms with Gasteiger partial charge in [-0.1, -0.05) is 6.07 Å². The van der Waals surface area contributed by atoms with E-state index in [1.54, 1.807) is 18.5 Å². The van der Waals surface area contributed by atoms with Crippen LogP contribution in [0, 0.1) is 0 Å². The van der Waals surface area contributed by atoms with Crippen molar-refractivity contribution in [1.82, 2.24) is 10.5 Å². The number of thiophene rings is 1. The van der Waals surface area contributed by atoms with Gasteiger partial charge in [-0.3, -0.25) is 9.78 Å². The number of hydroxylamine groups is 1. The Balaban J connectivity index is 1.59. The first-order chi connectivity index (χ1) is 10.3. The fraction of sp³-hybridized carbons (Fsp3) is 0.333. The number of hydrogen-bond donors (Lipinski definition) is 1. The lowest BCUT2D eigenvalue weighted by Crippen LogP contribution is -2.32. The predicted octanol–water partition coefficient (Wildman–Crippen LogP) is 3.00. The quantitative estimate of drug-likeness (QED) is 0.882. The maximum atomic E-state index is 12.0. The molecule has 1 atom stereocenters. The van der Waals surface area contributed by atoms with Crippen LogP contribution in [0.1, 0.15) is 28.9 Å². The molecule has 2 aromatic heterocycles. The van der Waals surface area contributed by atoms with Gasteiger partial charge in [-0.05, 0) is 31.0 Å². The summed E-state index contributed by atoms with van der Waals surface area (Å²) in [6.45, 7) is 0.685. The van der Waals surface area contributed by atoms with Crippen LogP contribution in [0.25, 0.3) is 10.4 Å². The number of nitrogens with one attached hydrogen (secondary N) is 1. The van der Waals surface area contributed by atoms with E-state index in [0.29, 0.717) is 11.5 Å². The Morgan fingerprint density at radius 1 is 1.38 bits per heavy atom. The van der Waals surface area contributed by atoms with Crippen molar-refractivity contribution in [3.63, 3.8) is 0 Å². The summed E-state index contributed by atoms with van der Waals surface area (Å²) in [5.74, 6) is -0.246. The van der Waals surface area contributed by atoms with E-state index >= 15 is 0 Å². The number of carbonyl (C=O) groups is 1. The molecule has 1 N–H and O–H groups in total. The monoisotopic (exact) mass is 304 g/mol. The standard InChI is InChI=1S/C15H16N2O3S/c18-15(17-20-14-5-1-2-9-19-14)13-7-6-12(21-13)11-4-3-8-16-10-11/h3-4,6-8,10,14H,1-2,5,9H2,(H,17,18). The molecule has 0 radical (unpaired) electrons. The topological polar surface area (TPSA) is 60.5 Å². The van der Waals surface area contributed by atoms with E-state index in [2.05, 4.69) is 10.5 Å². The lowest BCUT2D eigenvalue weighted by atomic mass is 10.2. The van der Waals surface area contributed by atoms with Crippen LogP contribution in [0.2, 0.25) is 0 Å². The van der Waals surface area contributed by atoms with E-state index in [-0.39, 0.29) is 12.2 Å². The second kappa shape index (κ2) is 6.80. The third kappa shape index (κ3) is 3.66. The number of rotatable bonds is 4. The van der Waals surface area contributed by atoms with Crippen molar-refractivity contribution >= 4 is 17.2 Å². The van der Waals surface area contributed by atoms with Crippen molar-refractivity contribution < 1.29 is 14.4 Å². The number of hydrogen-bond acceptors (Lipinski definition) is 5. The van der Waals surface area contributed by atoms with Crippen LogP contribution < -0.4 is 5.48 Å². The third-order valence-electron chi connectivity index (χ3n) is 3.20. The molecule has 1 aliphatic rings. The molecule has 2 aromatic rings. The van der Waals surface area contributed by atoms with E-state index in [9.17, 15) is 4.79 Å². The van der Waals surface area contributed by atoms with E-state index in [1.807, 2.05) is 18.2 Å². The number of ether oxygens (including phenoxy) is 1. The lowest BCUT2D eigenvalue weighted by Gasteiger charge is -2.21. The fourth-order valence-corrected chi connectivity index (χ4v) is 2.98. The summed E-state index contributed by atoms with van der Waals surface area (Å²) in [7, 11) is 0. The Morgan fingerprint density at radius 3 is 3.10 bits per heavy atom. The van der Waals surface area contributed by atoms with Gasteiger partial charge in [-0.25, -0.2) is 10.3 Å². The number of amides is 1. The fourth-order valence-electron chi connectivity index (χ4n) is 2.10. The Bertz CT molecular complexity index is 594. The zero-order valence-electron chi connectivity index (χ0n) is 11.5. The predicted molar refractivity (Wildman–Crippen MR) is 79.7 cm³/mol. The summed E-state index contributed by atoms with van der Waals surface area (Å²) < 4.78 is 5.40. The van der Waals surface area contributed by atoms with Crippen molar-refractivity contribution in [2.24, 2.45) is 0 Å². The van der Waals surface area contributed by atoms with Crippen LogP contribution in [-0.4, -0.2) is 23.8 Å².